The third-order valence-corrected chi connectivity index (χ3v) is 3.87. The molecular weight excluding hydrogens is 270 g/mol. The number of carbonyl (C=O) groups excluding carboxylic acids is 2. The van der Waals surface area contributed by atoms with E-state index >= 15 is 0 Å². The van der Waals surface area contributed by atoms with Crippen molar-refractivity contribution in [3.05, 3.63) is 11.8 Å². The van der Waals surface area contributed by atoms with Crippen LogP contribution in [0, 0.1) is 5.92 Å². The largest absolute Gasteiger partial charge is 0.331 e. The summed E-state index contributed by atoms with van der Waals surface area (Å²) in [5.41, 5.74) is 1.00. The molecule has 1 aromatic heterocycles. The van der Waals surface area contributed by atoms with Crippen LogP contribution >= 0.6 is 0 Å². The van der Waals surface area contributed by atoms with Gasteiger partial charge < -0.3 is 15.1 Å². The molecule has 2 heterocycles. The predicted octanol–water partition coefficient (Wildman–Crippen LogP) is 1.30. The normalized spacial score (nSPS) is 15.9. The zero-order chi connectivity index (χ0) is 15.4. The van der Waals surface area contributed by atoms with Crippen LogP contribution in [0.25, 0.3) is 0 Å². The number of likely N-dealkylation sites (tertiary alicyclic amines) is 1. The molecule has 0 radical (unpaired) electrons. The summed E-state index contributed by atoms with van der Waals surface area (Å²) in [7, 11) is 3.48. The van der Waals surface area contributed by atoms with Crippen molar-refractivity contribution in [2.24, 2.45) is 5.92 Å². The van der Waals surface area contributed by atoms with Crippen LogP contribution in [0.3, 0.4) is 0 Å². The molecule has 0 bridgehead atoms. The van der Waals surface area contributed by atoms with Crippen LogP contribution in [0.15, 0.2) is 6.20 Å². The summed E-state index contributed by atoms with van der Waals surface area (Å²) in [5, 5.41) is 9.67. The van der Waals surface area contributed by atoms with E-state index in [1.165, 1.54) is 0 Å². The number of aryl methyl sites for hydroxylation is 1. The van der Waals surface area contributed by atoms with Crippen molar-refractivity contribution in [2.45, 2.75) is 26.2 Å². The molecule has 7 heteroatoms. The smallest absolute Gasteiger partial charge is 0.319 e. The number of H-pyrrole nitrogens is 1. The number of anilines is 1. The highest BCUT2D eigenvalue weighted by atomic mass is 16.2. The van der Waals surface area contributed by atoms with Gasteiger partial charge in [0.25, 0.3) is 0 Å². The summed E-state index contributed by atoms with van der Waals surface area (Å²) in [6.45, 7) is 3.27. The third kappa shape index (κ3) is 3.53. The van der Waals surface area contributed by atoms with Gasteiger partial charge in [0, 0.05) is 38.7 Å². The molecule has 116 valence electrons. The maximum absolute atomic E-state index is 12.3. The molecule has 21 heavy (non-hydrogen) atoms. The van der Waals surface area contributed by atoms with Gasteiger partial charge in [-0.1, -0.05) is 6.92 Å². The fourth-order valence-corrected chi connectivity index (χ4v) is 2.53. The molecule has 0 aliphatic carbocycles. The Bertz CT molecular complexity index is 503. The van der Waals surface area contributed by atoms with E-state index < -0.39 is 0 Å². The van der Waals surface area contributed by atoms with Crippen molar-refractivity contribution < 1.29 is 9.59 Å². The van der Waals surface area contributed by atoms with Crippen LogP contribution in [0.5, 0.6) is 0 Å². The number of nitrogens with zero attached hydrogens (tertiary/aromatic N) is 3. The first-order valence-electron chi connectivity index (χ1n) is 7.32. The number of nitrogens with one attached hydrogen (secondary N) is 2. The lowest BCUT2D eigenvalue weighted by atomic mass is 9.96. The molecule has 2 N–H and O–H groups in total. The van der Waals surface area contributed by atoms with E-state index in [4.69, 9.17) is 0 Å². The Morgan fingerprint density at radius 1 is 1.43 bits per heavy atom. The second kappa shape index (κ2) is 6.60. The highest BCUT2D eigenvalue weighted by molar-refractivity contribution is 5.92. The summed E-state index contributed by atoms with van der Waals surface area (Å²) in [6, 6.07) is 0.00990. The monoisotopic (exact) mass is 293 g/mol. The van der Waals surface area contributed by atoms with Crippen LogP contribution < -0.4 is 5.32 Å². The molecule has 1 aromatic rings. The number of urea groups is 1. The maximum atomic E-state index is 12.3. The number of aromatic nitrogens is 2. The Balaban J connectivity index is 1.87. The van der Waals surface area contributed by atoms with Crippen molar-refractivity contribution in [3.8, 4) is 0 Å². The Morgan fingerprint density at radius 2 is 2.10 bits per heavy atom. The number of amides is 3. The van der Waals surface area contributed by atoms with E-state index in [1.807, 2.05) is 6.92 Å². The number of hydrogen-bond donors (Lipinski definition) is 2. The average Bonchev–Trinajstić information content (AvgIpc) is 2.93. The Kier molecular flexibility index (Phi) is 4.82. The van der Waals surface area contributed by atoms with Crippen LogP contribution in [-0.4, -0.2) is 59.1 Å². The van der Waals surface area contributed by atoms with Gasteiger partial charge >= 0.3 is 6.03 Å². The zero-order valence-electron chi connectivity index (χ0n) is 12.8. The van der Waals surface area contributed by atoms with Crippen LogP contribution in [0.2, 0.25) is 0 Å². The minimum Gasteiger partial charge on any atom is -0.331 e. The van der Waals surface area contributed by atoms with Crippen molar-refractivity contribution in [1.82, 2.24) is 20.0 Å². The number of hydrogen-bond acceptors (Lipinski definition) is 3. The molecule has 1 aliphatic heterocycles. The molecule has 2 rings (SSSR count). The van der Waals surface area contributed by atoms with Gasteiger partial charge in [-0.2, -0.15) is 5.10 Å². The van der Waals surface area contributed by atoms with Gasteiger partial charge in [0.15, 0.2) is 0 Å². The van der Waals surface area contributed by atoms with E-state index in [9.17, 15) is 9.59 Å². The van der Waals surface area contributed by atoms with E-state index in [1.54, 1.807) is 30.1 Å². The summed E-state index contributed by atoms with van der Waals surface area (Å²) in [6.07, 6.45) is 3.94. The highest BCUT2D eigenvalue weighted by Gasteiger charge is 2.28. The molecule has 0 atom stereocenters. The lowest BCUT2D eigenvalue weighted by Gasteiger charge is -2.33. The molecule has 0 aromatic carbocycles. The number of aromatic amines is 1. The molecule has 0 spiro atoms. The Morgan fingerprint density at radius 3 is 2.67 bits per heavy atom. The van der Waals surface area contributed by atoms with Gasteiger partial charge in [-0.15, -0.1) is 0 Å². The lowest BCUT2D eigenvalue weighted by molar-refractivity contribution is -0.121. The molecule has 0 saturated carbocycles. The fourth-order valence-electron chi connectivity index (χ4n) is 2.53. The van der Waals surface area contributed by atoms with Gasteiger partial charge in [0.05, 0.1) is 6.20 Å². The SMILES string of the molecule is CCc1cn[nH]c1NC(=O)C1CCN(C(=O)N(C)C)CC1. The standard InChI is InChI=1S/C14H23N5O2/c1-4-10-9-15-17-12(10)16-13(20)11-5-7-19(8-6-11)14(21)18(2)3/h9,11H,4-8H2,1-3H3,(H2,15,16,17,20). The molecule has 1 aliphatic rings. The first-order chi connectivity index (χ1) is 10.0. The van der Waals surface area contributed by atoms with E-state index in [0.29, 0.717) is 31.7 Å². The van der Waals surface area contributed by atoms with Crippen molar-refractivity contribution in [1.29, 1.82) is 0 Å². The van der Waals surface area contributed by atoms with E-state index in [0.717, 1.165) is 12.0 Å². The third-order valence-electron chi connectivity index (χ3n) is 3.87. The quantitative estimate of drug-likeness (QED) is 0.881. The molecule has 7 nitrogen and oxygen atoms in total. The van der Waals surface area contributed by atoms with Gasteiger partial charge in [0.2, 0.25) is 5.91 Å². The van der Waals surface area contributed by atoms with E-state index in [-0.39, 0.29) is 17.9 Å². The van der Waals surface area contributed by atoms with Crippen LogP contribution in [-0.2, 0) is 11.2 Å². The van der Waals surface area contributed by atoms with Crippen molar-refractivity contribution in [2.75, 3.05) is 32.5 Å². The first kappa shape index (κ1) is 15.3. The summed E-state index contributed by atoms with van der Waals surface area (Å²) < 4.78 is 0. The number of rotatable bonds is 3. The average molecular weight is 293 g/mol. The molecular formula is C14H23N5O2. The topological polar surface area (TPSA) is 81.3 Å². The Hall–Kier alpha value is -2.05. The number of piperidine rings is 1. The summed E-state index contributed by atoms with van der Waals surface area (Å²) in [4.78, 5) is 27.5. The van der Waals surface area contributed by atoms with Gasteiger partial charge in [0.1, 0.15) is 5.82 Å². The number of carbonyl (C=O) groups is 2. The van der Waals surface area contributed by atoms with E-state index in [2.05, 4.69) is 15.5 Å². The predicted molar refractivity (Wildman–Crippen MR) is 80.0 cm³/mol. The Labute approximate surface area is 124 Å². The van der Waals surface area contributed by atoms with Gasteiger partial charge in [-0.05, 0) is 19.3 Å². The first-order valence-corrected chi connectivity index (χ1v) is 7.32. The summed E-state index contributed by atoms with van der Waals surface area (Å²) >= 11 is 0. The van der Waals surface area contributed by atoms with Crippen LogP contribution in [0.1, 0.15) is 25.3 Å². The van der Waals surface area contributed by atoms with Crippen molar-refractivity contribution in [3.63, 3.8) is 0 Å². The molecule has 1 saturated heterocycles. The molecule has 3 amide bonds. The second-order valence-corrected chi connectivity index (χ2v) is 5.55. The summed E-state index contributed by atoms with van der Waals surface area (Å²) in [5.74, 6) is 0.643. The molecule has 0 unspecified atom stereocenters. The minimum atomic E-state index is -0.0516. The van der Waals surface area contributed by atoms with Crippen LogP contribution in [0.4, 0.5) is 10.6 Å². The highest BCUT2D eigenvalue weighted by Crippen LogP contribution is 2.20. The second-order valence-electron chi connectivity index (χ2n) is 5.55. The van der Waals surface area contributed by atoms with Gasteiger partial charge in [-0.25, -0.2) is 4.79 Å². The van der Waals surface area contributed by atoms with Gasteiger partial charge in [-0.3, -0.25) is 9.89 Å². The lowest BCUT2D eigenvalue weighted by Crippen LogP contribution is -2.45. The molecule has 1 fully saturated rings. The zero-order valence-corrected chi connectivity index (χ0v) is 12.8. The maximum Gasteiger partial charge on any atom is 0.319 e. The minimum absolute atomic E-state index is 0.00546. The van der Waals surface area contributed by atoms with Crippen molar-refractivity contribution >= 4 is 17.8 Å². The fraction of sp³-hybridized carbons (Fsp3) is 0.643.